The third kappa shape index (κ3) is 5.52. The number of methoxy groups -OCH3 is 1. The fourth-order valence-electron chi connectivity index (χ4n) is 5.80. The maximum atomic E-state index is 13.6. The summed E-state index contributed by atoms with van der Waals surface area (Å²) in [6.07, 6.45) is 2.42. The number of aliphatic hydroxyl groups is 4. The van der Waals surface area contributed by atoms with Crippen LogP contribution in [0.15, 0.2) is 36.9 Å². The number of hydrogen-bond donors (Lipinski definition) is 5. The van der Waals surface area contributed by atoms with E-state index in [0.29, 0.717) is 24.1 Å². The van der Waals surface area contributed by atoms with Crippen LogP contribution in [-0.4, -0.2) is 85.3 Å². The van der Waals surface area contributed by atoms with E-state index < -0.39 is 37.3 Å². The first-order chi connectivity index (χ1) is 19.3. The highest BCUT2D eigenvalue weighted by Crippen LogP contribution is 2.46. The van der Waals surface area contributed by atoms with E-state index in [4.69, 9.17) is 14.2 Å². The lowest BCUT2D eigenvalue weighted by atomic mass is 9.86. The minimum atomic E-state index is -1.65. The molecule has 2 aromatic carbocycles. The Kier molecular flexibility index (Phi) is 8.57. The molecule has 1 aliphatic carbocycles. The summed E-state index contributed by atoms with van der Waals surface area (Å²) in [6.45, 7) is -0.00109. The summed E-state index contributed by atoms with van der Waals surface area (Å²) in [4.78, 5) is 17.7. The van der Waals surface area contributed by atoms with Crippen LogP contribution in [0.2, 0.25) is 0 Å². The highest BCUT2D eigenvalue weighted by atomic mass is 16.7. The van der Waals surface area contributed by atoms with Gasteiger partial charge in [0.2, 0.25) is 6.29 Å². The van der Waals surface area contributed by atoms with Crippen molar-refractivity contribution in [1.29, 1.82) is 0 Å². The SMILES string of the molecule is COc1cc(O[C@@H]2O[C@H](CO)[C@@H](O)[C@H](O)[C@H]2O)c2c(O)c(C(=O)CCCn3ccnc3)c(C3CCCC3)cc2c1. The average Bonchev–Trinajstić information content (AvgIpc) is 3.68. The van der Waals surface area contributed by atoms with Crippen molar-refractivity contribution in [3.05, 3.63) is 48.0 Å². The van der Waals surface area contributed by atoms with Gasteiger partial charge in [0.25, 0.3) is 0 Å². The number of aliphatic hydroxyl groups excluding tert-OH is 4. The summed E-state index contributed by atoms with van der Waals surface area (Å²) in [5.74, 6) is 0.180. The molecule has 5 rings (SSSR count). The number of hydrogen-bond acceptors (Lipinski definition) is 10. The number of carbonyl (C=O) groups is 1. The Hall–Kier alpha value is -3.22. The first-order valence-corrected chi connectivity index (χ1v) is 13.7. The number of phenolic OH excluding ortho intramolecular Hbond substituents is 1. The van der Waals surface area contributed by atoms with Gasteiger partial charge in [-0.2, -0.15) is 0 Å². The highest BCUT2D eigenvalue weighted by molar-refractivity contribution is 6.08. The second kappa shape index (κ2) is 12.1. The number of benzene rings is 2. The molecule has 11 heteroatoms. The Balaban J connectivity index is 1.55. The van der Waals surface area contributed by atoms with Crippen molar-refractivity contribution < 1.29 is 44.5 Å². The first-order valence-electron chi connectivity index (χ1n) is 13.7. The zero-order valence-electron chi connectivity index (χ0n) is 22.3. The van der Waals surface area contributed by atoms with Crippen molar-refractivity contribution in [3.8, 4) is 17.2 Å². The van der Waals surface area contributed by atoms with E-state index in [0.717, 1.165) is 31.2 Å². The molecule has 0 bridgehead atoms. The number of aromatic hydroxyl groups is 1. The van der Waals surface area contributed by atoms with Crippen LogP contribution in [0.3, 0.4) is 0 Å². The number of aromatic nitrogens is 2. The molecule has 1 aromatic heterocycles. The molecule has 2 fully saturated rings. The smallest absolute Gasteiger partial charge is 0.229 e. The van der Waals surface area contributed by atoms with Crippen LogP contribution >= 0.6 is 0 Å². The zero-order valence-corrected chi connectivity index (χ0v) is 22.3. The van der Waals surface area contributed by atoms with E-state index >= 15 is 0 Å². The van der Waals surface area contributed by atoms with Gasteiger partial charge in [-0.3, -0.25) is 4.79 Å². The Morgan fingerprint density at radius 3 is 2.58 bits per heavy atom. The van der Waals surface area contributed by atoms with Crippen LogP contribution in [-0.2, 0) is 11.3 Å². The molecule has 5 N–H and O–H groups in total. The molecule has 1 saturated heterocycles. The lowest BCUT2D eigenvalue weighted by molar-refractivity contribution is -0.277. The molecule has 216 valence electrons. The topological polar surface area (TPSA) is 164 Å². The van der Waals surface area contributed by atoms with Gasteiger partial charge in [-0.25, -0.2) is 4.98 Å². The molecule has 40 heavy (non-hydrogen) atoms. The molecule has 1 saturated carbocycles. The number of rotatable bonds is 10. The van der Waals surface area contributed by atoms with Crippen LogP contribution in [0.1, 0.15) is 60.4 Å². The van der Waals surface area contributed by atoms with Crippen LogP contribution in [0.25, 0.3) is 10.8 Å². The number of imidazole rings is 1. The molecule has 3 aromatic rings. The number of ether oxygens (including phenoxy) is 3. The predicted octanol–water partition coefficient (Wildman–Crippen LogP) is 2.25. The number of aryl methyl sites for hydroxylation is 1. The largest absolute Gasteiger partial charge is 0.506 e. The van der Waals surface area contributed by atoms with Gasteiger partial charge in [0.15, 0.2) is 5.78 Å². The summed E-state index contributed by atoms with van der Waals surface area (Å²) in [5, 5.41) is 53.0. The maximum Gasteiger partial charge on any atom is 0.229 e. The van der Waals surface area contributed by atoms with Crippen molar-refractivity contribution >= 4 is 16.6 Å². The summed E-state index contributed by atoms with van der Waals surface area (Å²) in [5.41, 5.74) is 1.05. The van der Waals surface area contributed by atoms with E-state index in [-0.39, 0.29) is 40.6 Å². The van der Waals surface area contributed by atoms with Crippen molar-refractivity contribution in [2.24, 2.45) is 0 Å². The van der Waals surface area contributed by atoms with Gasteiger partial charge in [-0.15, -0.1) is 0 Å². The maximum absolute atomic E-state index is 13.6. The molecule has 0 amide bonds. The van der Waals surface area contributed by atoms with E-state index in [1.807, 2.05) is 16.8 Å². The van der Waals surface area contributed by atoms with Crippen molar-refractivity contribution in [3.63, 3.8) is 0 Å². The third-order valence-corrected chi connectivity index (χ3v) is 7.96. The minimum Gasteiger partial charge on any atom is -0.506 e. The first kappa shape index (κ1) is 28.3. The van der Waals surface area contributed by atoms with Crippen LogP contribution in [0.4, 0.5) is 0 Å². The molecule has 1 aliphatic heterocycles. The molecule has 0 unspecified atom stereocenters. The monoisotopic (exact) mass is 556 g/mol. The highest BCUT2D eigenvalue weighted by Gasteiger charge is 2.45. The van der Waals surface area contributed by atoms with Crippen molar-refractivity contribution in [2.75, 3.05) is 13.7 Å². The average molecular weight is 557 g/mol. The predicted molar refractivity (Wildman–Crippen MR) is 144 cm³/mol. The Labute approximate surface area is 231 Å². The van der Waals surface area contributed by atoms with E-state index in [9.17, 15) is 30.3 Å². The van der Waals surface area contributed by atoms with Crippen molar-refractivity contribution in [2.45, 2.75) is 81.7 Å². The fraction of sp³-hybridized carbons (Fsp3) is 0.517. The molecule has 0 spiro atoms. The Morgan fingerprint density at radius 2 is 1.90 bits per heavy atom. The van der Waals surface area contributed by atoms with E-state index in [2.05, 4.69) is 4.98 Å². The second-order valence-corrected chi connectivity index (χ2v) is 10.5. The number of fused-ring (bicyclic) bond motifs is 1. The lowest BCUT2D eigenvalue weighted by Crippen LogP contribution is -2.60. The van der Waals surface area contributed by atoms with Gasteiger partial charge in [-0.05, 0) is 48.3 Å². The normalized spacial score (nSPS) is 25.4. The van der Waals surface area contributed by atoms with Crippen LogP contribution < -0.4 is 9.47 Å². The van der Waals surface area contributed by atoms with Gasteiger partial charge in [-0.1, -0.05) is 12.8 Å². The molecular weight excluding hydrogens is 520 g/mol. The van der Waals surface area contributed by atoms with Crippen molar-refractivity contribution in [1.82, 2.24) is 9.55 Å². The number of carbonyl (C=O) groups excluding carboxylic acids is 1. The third-order valence-electron chi connectivity index (χ3n) is 7.96. The molecule has 2 aliphatic rings. The Bertz CT molecular complexity index is 1320. The number of phenols is 1. The molecule has 5 atom stereocenters. The standard InChI is InChI=1S/C29H36N2O9/c1-38-18-11-17-12-19(16-5-2-3-6-16)24(20(33)7-4-9-31-10-8-30-15-31)26(35)23(17)21(13-18)39-29-28(37)27(36)25(34)22(14-32)40-29/h8,10-13,15-16,22,25,27-29,32,34-37H,2-7,9,14H2,1H3/t22-,25-,27+,28-,29-/m1/s1. The molecule has 2 heterocycles. The second-order valence-electron chi connectivity index (χ2n) is 10.5. The number of Topliss-reactive ketones (excluding diaryl/α,β-unsaturated/α-hetero) is 1. The lowest BCUT2D eigenvalue weighted by Gasteiger charge is -2.39. The molecule has 11 nitrogen and oxygen atoms in total. The van der Waals surface area contributed by atoms with Gasteiger partial charge in [0.1, 0.15) is 41.7 Å². The Morgan fingerprint density at radius 1 is 1.12 bits per heavy atom. The quantitative estimate of drug-likeness (QED) is 0.234. The molecular formula is C29H36N2O9. The summed E-state index contributed by atoms with van der Waals surface area (Å²) < 4.78 is 18.9. The number of ketones is 1. The summed E-state index contributed by atoms with van der Waals surface area (Å²) in [7, 11) is 1.48. The summed E-state index contributed by atoms with van der Waals surface area (Å²) >= 11 is 0. The van der Waals surface area contributed by atoms with Gasteiger partial charge in [0.05, 0.1) is 31.0 Å². The fourth-order valence-corrected chi connectivity index (χ4v) is 5.80. The molecule has 0 radical (unpaired) electrons. The van der Waals surface area contributed by atoms with Crippen LogP contribution in [0, 0.1) is 0 Å². The summed E-state index contributed by atoms with van der Waals surface area (Å²) in [6, 6.07) is 5.13. The van der Waals surface area contributed by atoms with Crippen LogP contribution in [0.5, 0.6) is 17.2 Å². The minimum absolute atomic E-state index is 0.0571. The number of nitrogens with zero attached hydrogens (tertiary/aromatic N) is 2. The van der Waals surface area contributed by atoms with E-state index in [1.54, 1.807) is 18.6 Å². The zero-order chi connectivity index (χ0) is 28.4. The van der Waals surface area contributed by atoms with Gasteiger partial charge < -0.3 is 44.3 Å². The van der Waals surface area contributed by atoms with Gasteiger partial charge in [0, 0.05) is 31.4 Å². The van der Waals surface area contributed by atoms with E-state index in [1.165, 1.54) is 13.2 Å². The van der Waals surface area contributed by atoms with Gasteiger partial charge >= 0.3 is 0 Å².